The zero-order valence-electron chi connectivity index (χ0n) is 14.2. The van der Waals surface area contributed by atoms with Gasteiger partial charge in [-0.25, -0.2) is 4.79 Å². The second-order valence-corrected chi connectivity index (χ2v) is 6.79. The monoisotopic (exact) mass is 352 g/mol. The number of carbonyl (C=O) groups excluding carboxylic acids is 2. The summed E-state index contributed by atoms with van der Waals surface area (Å²) in [6.45, 7) is 0.288. The highest BCUT2D eigenvalue weighted by atomic mass is 16.7. The predicted octanol–water partition coefficient (Wildman–Crippen LogP) is 2.53. The summed E-state index contributed by atoms with van der Waals surface area (Å²) in [5.41, 5.74) is 1.20. The van der Waals surface area contributed by atoms with Crippen molar-refractivity contribution in [2.45, 2.75) is 30.6 Å². The van der Waals surface area contributed by atoms with E-state index in [1.54, 1.807) is 12.1 Å². The quantitative estimate of drug-likeness (QED) is 0.829. The molecule has 0 radical (unpaired) electrons. The van der Waals surface area contributed by atoms with Crippen molar-refractivity contribution in [3.63, 3.8) is 0 Å². The Labute approximate surface area is 151 Å². The van der Waals surface area contributed by atoms with Crippen molar-refractivity contribution in [1.29, 1.82) is 0 Å². The van der Waals surface area contributed by atoms with Crippen molar-refractivity contribution in [2.75, 3.05) is 11.4 Å². The highest BCUT2D eigenvalue weighted by Crippen LogP contribution is 2.45. The molecule has 6 heteroatoms. The summed E-state index contributed by atoms with van der Waals surface area (Å²) in [6, 6.07) is 18.6. The van der Waals surface area contributed by atoms with Gasteiger partial charge in [-0.2, -0.15) is 0 Å². The van der Waals surface area contributed by atoms with Crippen LogP contribution in [0.3, 0.4) is 0 Å². The zero-order valence-corrected chi connectivity index (χ0v) is 14.2. The maximum atomic E-state index is 12.6. The molecule has 1 saturated heterocycles. The number of amides is 2. The summed E-state index contributed by atoms with van der Waals surface area (Å²) >= 11 is 0. The number of ether oxygens (including phenoxy) is 1. The van der Waals surface area contributed by atoms with Gasteiger partial charge in [-0.3, -0.25) is 4.79 Å². The van der Waals surface area contributed by atoms with Crippen LogP contribution in [0.15, 0.2) is 60.7 Å². The normalized spacial score (nSPS) is 23.6. The molecule has 1 aliphatic heterocycles. The minimum Gasteiger partial charge on any atom is -0.407 e. The Bertz CT molecular complexity index is 820. The van der Waals surface area contributed by atoms with Gasteiger partial charge in [0.2, 0.25) is 0 Å². The minimum absolute atomic E-state index is 0.0342. The van der Waals surface area contributed by atoms with E-state index in [2.05, 4.69) is 5.32 Å². The maximum Gasteiger partial charge on any atom is 0.410 e. The molecule has 4 rings (SSSR count). The van der Waals surface area contributed by atoms with Gasteiger partial charge >= 0.3 is 6.09 Å². The van der Waals surface area contributed by atoms with Crippen molar-refractivity contribution in [1.82, 2.24) is 5.32 Å². The van der Waals surface area contributed by atoms with Gasteiger partial charge < -0.3 is 20.1 Å². The van der Waals surface area contributed by atoms with Crippen LogP contribution < -0.4 is 10.2 Å². The van der Waals surface area contributed by atoms with E-state index in [1.807, 2.05) is 48.5 Å². The van der Waals surface area contributed by atoms with E-state index in [1.165, 1.54) is 4.90 Å². The third-order valence-corrected chi connectivity index (χ3v) is 5.00. The molecule has 0 aromatic heterocycles. The largest absolute Gasteiger partial charge is 0.410 e. The highest BCUT2D eigenvalue weighted by Gasteiger charge is 2.52. The molecule has 2 aromatic rings. The second-order valence-electron chi connectivity index (χ2n) is 6.79. The van der Waals surface area contributed by atoms with E-state index in [4.69, 9.17) is 4.74 Å². The summed E-state index contributed by atoms with van der Waals surface area (Å²) in [4.78, 5) is 26.4. The van der Waals surface area contributed by atoms with Crippen LogP contribution in [0.1, 0.15) is 24.8 Å². The lowest BCUT2D eigenvalue weighted by Gasteiger charge is -2.24. The fraction of sp³-hybridized carbons (Fsp3) is 0.300. The summed E-state index contributed by atoms with van der Waals surface area (Å²) in [6.07, 6.45) is 0.854. The summed E-state index contributed by atoms with van der Waals surface area (Å²) < 4.78 is 5.17. The van der Waals surface area contributed by atoms with E-state index in [9.17, 15) is 14.7 Å². The Morgan fingerprint density at radius 3 is 2.23 bits per heavy atom. The fourth-order valence-corrected chi connectivity index (χ4v) is 3.37. The van der Waals surface area contributed by atoms with Gasteiger partial charge in [0.15, 0.2) is 0 Å². The molecule has 1 saturated carbocycles. The fourth-order valence-electron chi connectivity index (χ4n) is 3.37. The molecule has 2 aromatic carbocycles. The third kappa shape index (κ3) is 2.93. The molecule has 2 fully saturated rings. The summed E-state index contributed by atoms with van der Waals surface area (Å²) in [7, 11) is 0. The zero-order chi connectivity index (χ0) is 18.2. The lowest BCUT2D eigenvalue weighted by Crippen LogP contribution is -2.47. The third-order valence-electron chi connectivity index (χ3n) is 5.00. The first-order valence-electron chi connectivity index (χ1n) is 8.69. The molecule has 2 amide bonds. The molecule has 2 aliphatic rings. The van der Waals surface area contributed by atoms with Crippen LogP contribution in [-0.2, 0) is 15.1 Å². The Kier molecular flexibility index (Phi) is 3.92. The summed E-state index contributed by atoms with van der Waals surface area (Å²) in [5, 5.41) is 13.4. The molecule has 26 heavy (non-hydrogen) atoms. The van der Waals surface area contributed by atoms with E-state index in [0.29, 0.717) is 5.69 Å². The average Bonchev–Trinajstić information content (AvgIpc) is 3.37. The molecule has 0 bridgehead atoms. The Morgan fingerprint density at radius 2 is 1.62 bits per heavy atom. The number of benzene rings is 2. The number of hydrogen-bond acceptors (Lipinski definition) is 4. The van der Waals surface area contributed by atoms with Gasteiger partial charge in [0.1, 0.15) is 0 Å². The van der Waals surface area contributed by atoms with E-state index in [-0.39, 0.29) is 13.0 Å². The first-order chi connectivity index (χ1) is 12.5. The van der Waals surface area contributed by atoms with Crippen LogP contribution in [0, 0.1) is 0 Å². The molecule has 0 unspecified atom stereocenters. The van der Waals surface area contributed by atoms with Gasteiger partial charge in [-0.15, -0.1) is 0 Å². The van der Waals surface area contributed by atoms with E-state index in [0.717, 1.165) is 18.4 Å². The number of nitrogens with zero attached hydrogens (tertiary/aromatic N) is 1. The second kappa shape index (κ2) is 6.14. The minimum atomic E-state index is -2.13. The first kappa shape index (κ1) is 16.6. The average molecular weight is 352 g/mol. The molecule has 6 nitrogen and oxygen atoms in total. The lowest BCUT2D eigenvalue weighted by molar-refractivity contribution is -0.175. The van der Waals surface area contributed by atoms with Crippen LogP contribution in [0.25, 0.3) is 0 Å². The number of para-hydroxylation sites is 1. The molecule has 134 valence electrons. The van der Waals surface area contributed by atoms with Crippen LogP contribution in [-0.4, -0.2) is 29.4 Å². The van der Waals surface area contributed by atoms with Crippen LogP contribution in [0.5, 0.6) is 0 Å². The first-order valence-corrected chi connectivity index (χ1v) is 8.69. The van der Waals surface area contributed by atoms with Crippen molar-refractivity contribution < 1.29 is 19.4 Å². The molecular formula is C20H20N2O4. The SMILES string of the molecule is O=C(NC1(c2ccccc2)CC1)O[C@@]1(O)CCN(c2ccccc2)C1=O. The van der Waals surface area contributed by atoms with Gasteiger partial charge in [0.25, 0.3) is 11.7 Å². The van der Waals surface area contributed by atoms with Crippen molar-refractivity contribution >= 4 is 17.7 Å². The van der Waals surface area contributed by atoms with Gasteiger partial charge in [0, 0.05) is 18.7 Å². The number of nitrogens with one attached hydrogen (secondary N) is 1. The Hall–Kier alpha value is -2.86. The summed E-state index contributed by atoms with van der Waals surface area (Å²) in [5.74, 6) is -2.75. The molecule has 1 aliphatic carbocycles. The Morgan fingerprint density at radius 1 is 1.00 bits per heavy atom. The number of hydrogen-bond donors (Lipinski definition) is 2. The van der Waals surface area contributed by atoms with Gasteiger partial charge in [0.05, 0.1) is 5.54 Å². The molecule has 2 N–H and O–H groups in total. The topological polar surface area (TPSA) is 78.9 Å². The van der Waals surface area contributed by atoms with Crippen molar-refractivity contribution in [3.8, 4) is 0 Å². The lowest BCUT2D eigenvalue weighted by atomic mass is 10.1. The number of anilines is 1. The number of carbonyl (C=O) groups is 2. The van der Waals surface area contributed by atoms with Crippen LogP contribution in [0.2, 0.25) is 0 Å². The molecule has 0 spiro atoms. The van der Waals surface area contributed by atoms with E-state index < -0.39 is 23.3 Å². The molecule has 1 atom stereocenters. The van der Waals surface area contributed by atoms with E-state index >= 15 is 0 Å². The number of aliphatic hydroxyl groups is 1. The predicted molar refractivity (Wildman–Crippen MR) is 95.3 cm³/mol. The van der Waals surface area contributed by atoms with Gasteiger partial charge in [-0.05, 0) is 30.5 Å². The smallest absolute Gasteiger partial charge is 0.407 e. The van der Waals surface area contributed by atoms with Crippen LogP contribution >= 0.6 is 0 Å². The molecular weight excluding hydrogens is 332 g/mol. The standard InChI is InChI=1S/C20H20N2O4/c23-17-20(25,13-14-22(17)16-9-5-2-6-10-16)26-18(24)21-19(11-12-19)15-7-3-1-4-8-15/h1-10,25H,11-14H2,(H,21,24)/t20-/m0/s1. The molecule has 1 heterocycles. The van der Waals surface area contributed by atoms with Crippen LogP contribution in [0.4, 0.5) is 10.5 Å². The van der Waals surface area contributed by atoms with Crippen molar-refractivity contribution in [2.24, 2.45) is 0 Å². The van der Waals surface area contributed by atoms with Crippen molar-refractivity contribution in [3.05, 3.63) is 66.2 Å². The van der Waals surface area contributed by atoms with Gasteiger partial charge in [-0.1, -0.05) is 48.5 Å². The number of rotatable bonds is 4. The number of alkyl carbamates (subject to hydrolysis) is 1. The maximum absolute atomic E-state index is 12.6. The Balaban J connectivity index is 1.44. The highest BCUT2D eigenvalue weighted by molar-refractivity contribution is 6.01.